The van der Waals surface area contributed by atoms with E-state index in [-0.39, 0.29) is 11.9 Å². The van der Waals surface area contributed by atoms with Crippen LogP contribution in [-0.2, 0) is 0 Å². The largest absolute Gasteiger partial charge is 0.497 e. The molecule has 0 saturated carbocycles. The van der Waals surface area contributed by atoms with E-state index in [1.165, 1.54) is 7.11 Å². The molecule has 0 spiro atoms. The Morgan fingerprint density at radius 3 is 2.67 bits per heavy atom. The van der Waals surface area contributed by atoms with Crippen LogP contribution in [-0.4, -0.2) is 25.1 Å². The molecule has 2 rings (SSSR count). The lowest BCUT2D eigenvalue weighted by Gasteiger charge is -2.15. The van der Waals surface area contributed by atoms with Crippen molar-refractivity contribution in [3.63, 3.8) is 0 Å². The molecule has 0 saturated heterocycles. The summed E-state index contributed by atoms with van der Waals surface area (Å²) in [5.41, 5.74) is 1.41. The number of rotatable bonds is 5. The molecular weight excluding hydrogens is 268 g/mol. The van der Waals surface area contributed by atoms with Gasteiger partial charge < -0.3 is 14.8 Å². The summed E-state index contributed by atoms with van der Waals surface area (Å²) in [4.78, 5) is 16.4. The lowest BCUT2D eigenvalue weighted by Crippen LogP contribution is -2.27. The molecule has 1 amide bonds. The third-order valence-corrected chi connectivity index (χ3v) is 3.19. The molecule has 1 N–H and O–H groups in total. The van der Waals surface area contributed by atoms with Crippen molar-refractivity contribution in [1.82, 2.24) is 10.3 Å². The van der Waals surface area contributed by atoms with Gasteiger partial charge in [-0.3, -0.25) is 9.78 Å². The summed E-state index contributed by atoms with van der Waals surface area (Å²) in [6.07, 6.45) is 3.43. The lowest BCUT2D eigenvalue weighted by atomic mass is 10.1. The van der Waals surface area contributed by atoms with Gasteiger partial charge >= 0.3 is 0 Å². The van der Waals surface area contributed by atoms with Gasteiger partial charge in [-0.05, 0) is 30.7 Å². The van der Waals surface area contributed by atoms with Gasteiger partial charge in [0.05, 0.1) is 25.8 Å². The summed E-state index contributed by atoms with van der Waals surface area (Å²) in [6, 6.07) is 8.71. The Labute approximate surface area is 123 Å². The fourth-order valence-corrected chi connectivity index (χ4v) is 1.98. The Morgan fingerprint density at radius 1 is 1.24 bits per heavy atom. The van der Waals surface area contributed by atoms with Crippen LogP contribution in [0.15, 0.2) is 42.7 Å². The van der Waals surface area contributed by atoms with Crippen molar-refractivity contribution in [2.24, 2.45) is 0 Å². The fraction of sp³-hybridized carbons (Fsp3) is 0.250. The highest BCUT2D eigenvalue weighted by atomic mass is 16.5. The van der Waals surface area contributed by atoms with Crippen molar-refractivity contribution in [2.75, 3.05) is 14.2 Å². The topological polar surface area (TPSA) is 60.5 Å². The molecule has 0 aliphatic carbocycles. The maximum absolute atomic E-state index is 12.4. The first kappa shape index (κ1) is 14.8. The standard InChI is InChI=1S/C16H18N2O3/c1-11(12-5-4-8-17-10-12)18-16(19)14-7-6-13(20-2)9-15(14)21-3/h4-11H,1-3H3,(H,18,19). The summed E-state index contributed by atoms with van der Waals surface area (Å²) in [7, 11) is 3.09. The van der Waals surface area contributed by atoms with Crippen molar-refractivity contribution < 1.29 is 14.3 Å². The fourth-order valence-electron chi connectivity index (χ4n) is 1.98. The van der Waals surface area contributed by atoms with E-state index in [0.717, 1.165) is 5.56 Å². The van der Waals surface area contributed by atoms with E-state index >= 15 is 0 Å². The van der Waals surface area contributed by atoms with E-state index in [1.54, 1.807) is 37.7 Å². The molecule has 5 nitrogen and oxygen atoms in total. The molecule has 0 aliphatic rings. The van der Waals surface area contributed by atoms with Crippen LogP contribution in [0.2, 0.25) is 0 Å². The zero-order chi connectivity index (χ0) is 15.2. The second-order valence-corrected chi connectivity index (χ2v) is 4.55. The number of hydrogen-bond acceptors (Lipinski definition) is 4. The van der Waals surface area contributed by atoms with Gasteiger partial charge in [0.25, 0.3) is 5.91 Å². The summed E-state index contributed by atoms with van der Waals surface area (Å²) < 4.78 is 10.4. The van der Waals surface area contributed by atoms with Crippen molar-refractivity contribution in [3.8, 4) is 11.5 Å². The number of ether oxygens (including phenoxy) is 2. The Balaban J connectivity index is 2.17. The Kier molecular flexibility index (Phi) is 4.77. The van der Waals surface area contributed by atoms with Gasteiger partial charge in [-0.15, -0.1) is 0 Å². The number of carbonyl (C=O) groups excluding carboxylic acids is 1. The van der Waals surface area contributed by atoms with Crippen molar-refractivity contribution in [2.45, 2.75) is 13.0 Å². The average molecular weight is 286 g/mol. The summed E-state index contributed by atoms with van der Waals surface area (Å²) in [5, 5.41) is 2.92. The number of aromatic nitrogens is 1. The zero-order valence-corrected chi connectivity index (χ0v) is 12.3. The van der Waals surface area contributed by atoms with Gasteiger partial charge in [0.1, 0.15) is 11.5 Å². The molecule has 1 heterocycles. The first-order chi connectivity index (χ1) is 10.2. The molecule has 0 fully saturated rings. The molecular formula is C16H18N2O3. The normalized spacial score (nSPS) is 11.6. The van der Waals surface area contributed by atoms with Gasteiger partial charge in [0, 0.05) is 18.5 Å². The summed E-state index contributed by atoms with van der Waals surface area (Å²) in [5.74, 6) is 0.916. The van der Waals surface area contributed by atoms with Gasteiger partial charge in [-0.1, -0.05) is 6.07 Å². The Bertz CT molecular complexity index is 614. The van der Waals surface area contributed by atoms with Crippen LogP contribution in [0.25, 0.3) is 0 Å². The average Bonchev–Trinajstić information content (AvgIpc) is 2.54. The highest BCUT2D eigenvalue weighted by Gasteiger charge is 2.16. The highest BCUT2D eigenvalue weighted by Crippen LogP contribution is 2.25. The highest BCUT2D eigenvalue weighted by molar-refractivity contribution is 5.97. The second kappa shape index (κ2) is 6.74. The number of hydrogen-bond donors (Lipinski definition) is 1. The van der Waals surface area contributed by atoms with Gasteiger partial charge in [0.15, 0.2) is 0 Å². The maximum Gasteiger partial charge on any atom is 0.255 e. The van der Waals surface area contributed by atoms with E-state index < -0.39 is 0 Å². The smallest absolute Gasteiger partial charge is 0.255 e. The van der Waals surface area contributed by atoms with Gasteiger partial charge in [-0.2, -0.15) is 0 Å². The second-order valence-electron chi connectivity index (χ2n) is 4.55. The lowest BCUT2D eigenvalue weighted by molar-refractivity contribution is 0.0936. The minimum Gasteiger partial charge on any atom is -0.497 e. The van der Waals surface area contributed by atoms with Crippen molar-refractivity contribution >= 4 is 5.91 Å². The van der Waals surface area contributed by atoms with Crippen LogP contribution < -0.4 is 14.8 Å². The van der Waals surface area contributed by atoms with Crippen LogP contribution in [0.1, 0.15) is 28.9 Å². The predicted molar refractivity (Wildman–Crippen MR) is 79.7 cm³/mol. The van der Waals surface area contributed by atoms with Crippen LogP contribution in [0, 0.1) is 0 Å². The van der Waals surface area contributed by atoms with E-state index in [4.69, 9.17) is 9.47 Å². The number of pyridine rings is 1. The Morgan fingerprint density at radius 2 is 2.05 bits per heavy atom. The van der Waals surface area contributed by atoms with Crippen LogP contribution in [0.4, 0.5) is 0 Å². The molecule has 0 radical (unpaired) electrons. The molecule has 5 heteroatoms. The molecule has 1 unspecified atom stereocenters. The summed E-state index contributed by atoms with van der Waals surface area (Å²) >= 11 is 0. The monoisotopic (exact) mass is 286 g/mol. The number of carbonyl (C=O) groups is 1. The molecule has 0 aliphatic heterocycles. The van der Waals surface area contributed by atoms with Crippen LogP contribution in [0.3, 0.4) is 0 Å². The third kappa shape index (κ3) is 3.51. The van der Waals surface area contributed by atoms with Gasteiger partial charge in [-0.25, -0.2) is 0 Å². The number of benzene rings is 1. The van der Waals surface area contributed by atoms with E-state index in [0.29, 0.717) is 17.1 Å². The van der Waals surface area contributed by atoms with Crippen molar-refractivity contribution in [1.29, 1.82) is 0 Å². The molecule has 21 heavy (non-hydrogen) atoms. The molecule has 1 atom stereocenters. The molecule has 1 aromatic carbocycles. The molecule has 110 valence electrons. The molecule has 2 aromatic rings. The molecule has 0 bridgehead atoms. The number of nitrogens with one attached hydrogen (secondary N) is 1. The predicted octanol–water partition coefficient (Wildman–Crippen LogP) is 2.59. The van der Waals surface area contributed by atoms with Crippen LogP contribution >= 0.6 is 0 Å². The van der Waals surface area contributed by atoms with E-state index in [9.17, 15) is 4.79 Å². The van der Waals surface area contributed by atoms with E-state index in [2.05, 4.69) is 10.3 Å². The quantitative estimate of drug-likeness (QED) is 0.917. The minimum atomic E-state index is -0.203. The third-order valence-electron chi connectivity index (χ3n) is 3.19. The number of methoxy groups -OCH3 is 2. The van der Waals surface area contributed by atoms with E-state index in [1.807, 2.05) is 19.1 Å². The number of amides is 1. The molecule has 1 aromatic heterocycles. The SMILES string of the molecule is COc1ccc(C(=O)NC(C)c2cccnc2)c(OC)c1. The summed E-state index contributed by atoms with van der Waals surface area (Å²) in [6.45, 7) is 1.91. The van der Waals surface area contributed by atoms with Gasteiger partial charge in [0.2, 0.25) is 0 Å². The zero-order valence-electron chi connectivity index (χ0n) is 12.3. The van der Waals surface area contributed by atoms with Crippen LogP contribution in [0.5, 0.6) is 11.5 Å². The van der Waals surface area contributed by atoms with Crippen molar-refractivity contribution in [3.05, 3.63) is 53.9 Å². The minimum absolute atomic E-state index is 0.141. The maximum atomic E-state index is 12.4. The number of nitrogens with zero attached hydrogens (tertiary/aromatic N) is 1. The first-order valence-electron chi connectivity index (χ1n) is 6.58. The Hall–Kier alpha value is -2.56. The first-order valence-corrected chi connectivity index (χ1v) is 6.58.